The number of aliphatic hydroxyl groups is 1. The van der Waals surface area contributed by atoms with Gasteiger partial charge in [0.15, 0.2) is 0 Å². The second-order valence-electron chi connectivity index (χ2n) is 5.87. The molecule has 2 N–H and O–H groups in total. The zero-order valence-corrected chi connectivity index (χ0v) is 13.8. The molecular weight excluding hydrogens is 300 g/mol. The minimum absolute atomic E-state index is 0.250. The smallest absolute Gasteiger partial charge is 0.227 e. The molecule has 0 spiro atoms. The lowest BCUT2D eigenvalue weighted by Crippen LogP contribution is -2.51. The number of ether oxygens (including phenoxy) is 1. The Kier molecular flexibility index (Phi) is 5.38. The second-order valence-corrected chi connectivity index (χ2v) is 6.86. The van der Waals surface area contributed by atoms with Gasteiger partial charge in [0, 0.05) is 38.2 Å². The summed E-state index contributed by atoms with van der Waals surface area (Å²) in [5.74, 6) is 3.11. The summed E-state index contributed by atoms with van der Waals surface area (Å²) in [5, 5.41) is 12.9. The molecule has 7 heteroatoms. The molecule has 0 amide bonds. The summed E-state index contributed by atoms with van der Waals surface area (Å²) in [4.78, 5) is 11.3. The van der Waals surface area contributed by atoms with Crippen LogP contribution in [0.15, 0.2) is 6.07 Å². The molecule has 2 aliphatic rings. The van der Waals surface area contributed by atoms with Gasteiger partial charge in [-0.1, -0.05) is 0 Å². The molecule has 3 rings (SSSR count). The average molecular weight is 324 g/mol. The highest BCUT2D eigenvalue weighted by atomic mass is 32.2. The van der Waals surface area contributed by atoms with Gasteiger partial charge in [-0.15, -0.1) is 0 Å². The number of rotatable bonds is 7. The number of aliphatic hydroxyl groups excluding tert-OH is 1. The first-order valence-corrected chi connectivity index (χ1v) is 9.28. The predicted molar refractivity (Wildman–Crippen MR) is 89.9 cm³/mol. The van der Waals surface area contributed by atoms with E-state index in [2.05, 4.69) is 22.6 Å². The Morgan fingerprint density at radius 1 is 1.45 bits per heavy atom. The lowest BCUT2D eigenvalue weighted by Gasteiger charge is -2.36. The van der Waals surface area contributed by atoms with Crippen LogP contribution in [0.5, 0.6) is 0 Å². The minimum atomic E-state index is -0.250. The zero-order chi connectivity index (χ0) is 15.4. The fourth-order valence-electron chi connectivity index (χ4n) is 2.71. The molecule has 0 unspecified atom stereocenters. The zero-order valence-electron chi connectivity index (χ0n) is 13.0. The van der Waals surface area contributed by atoms with Gasteiger partial charge in [0.25, 0.3) is 0 Å². The molecule has 2 aliphatic heterocycles. The summed E-state index contributed by atoms with van der Waals surface area (Å²) in [6, 6.07) is 2.05. The van der Waals surface area contributed by atoms with Gasteiger partial charge in [-0.2, -0.15) is 16.7 Å². The monoisotopic (exact) mass is 324 g/mol. The third-order valence-electron chi connectivity index (χ3n) is 4.06. The number of thioether (sulfide) groups is 1. The van der Waals surface area contributed by atoms with Crippen molar-refractivity contribution in [2.75, 3.05) is 55.1 Å². The molecule has 0 saturated carbocycles. The summed E-state index contributed by atoms with van der Waals surface area (Å²) in [5.41, 5.74) is 1.05. The molecular formula is C15H24N4O2S. The van der Waals surface area contributed by atoms with Gasteiger partial charge in [-0.3, -0.25) is 0 Å². The summed E-state index contributed by atoms with van der Waals surface area (Å²) >= 11 is 1.86. The highest BCUT2D eigenvalue weighted by molar-refractivity contribution is 7.98. The highest BCUT2D eigenvalue weighted by Gasteiger charge is 2.28. The fourth-order valence-corrected chi connectivity index (χ4v) is 3.15. The fraction of sp³-hybridized carbons (Fsp3) is 0.733. The van der Waals surface area contributed by atoms with Gasteiger partial charge >= 0.3 is 0 Å². The summed E-state index contributed by atoms with van der Waals surface area (Å²) in [6.45, 7) is 3.71. The summed E-state index contributed by atoms with van der Waals surface area (Å²) < 4.78 is 5.49. The SMILES string of the molecule is CSCCCNc1cc([C@H]2CCOC2)nc(N2CC(O)C2)n1. The maximum absolute atomic E-state index is 9.50. The van der Waals surface area contributed by atoms with Crippen molar-refractivity contribution in [1.29, 1.82) is 0 Å². The van der Waals surface area contributed by atoms with E-state index in [1.165, 1.54) is 0 Å². The highest BCUT2D eigenvalue weighted by Crippen LogP contribution is 2.28. The molecule has 6 nitrogen and oxygen atoms in total. The number of hydrogen-bond acceptors (Lipinski definition) is 7. The molecule has 22 heavy (non-hydrogen) atoms. The van der Waals surface area contributed by atoms with E-state index in [9.17, 15) is 5.11 Å². The van der Waals surface area contributed by atoms with Crippen molar-refractivity contribution in [2.24, 2.45) is 0 Å². The van der Waals surface area contributed by atoms with Crippen LogP contribution in [0, 0.1) is 0 Å². The number of hydrogen-bond donors (Lipinski definition) is 2. The number of nitrogens with zero attached hydrogens (tertiary/aromatic N) is 3. The van der Waals surface area contributed by atoms with Crippen molar-refractivity contribution in [3.8, 4) is 0 Å². The molecule has 3 heterocycles. The van der Waals surface area contributed by atoms with E-state index in [-0.39, 0.29) is 6.10 Å². The molecule has 1 atom stereocenters. The van der Waals surface area contributed by atoms with Crippen LogP contribution >= 0.6 is 11.8 Å². The van der Waals surface area contributed by atoms with Crippen LogP contribution in [0.1, 0.15) is 24.5 Å². The number of anilines is 2. The van der Waals surface area contributed by atoms with Crippen LogP contribution in [0.25, 0.3) is 0 Å². The van der Waals surface area contributed by atoms with Gasteiger partial charge in [0.1, 0.15) is 5.82 Å². The number of aromatic nitrogens is 2. The molecule has 0 bridgehead atoms. The van der Waals surface area contributed by atoms with Crippen LogP contribution in [-0.2, 0) is 4.74 Å². The molecule has 1 aromatic heterocycles. The third-order valence-corrected chi connectivity index (χ3v) is 4.76. The quantitative estimate of drug-likeness (QED) is 0.733. The first kappa shape index (κ1) is 15.8. The minimum Gasteiger partial charge on any atom is -0.389 e. The molecule has 0 radical (unpaired) electrons. The van der Waals surface area contributed by atoms with Crippen molar-refractivity contribution in [3.63, 3.8) is 0 Å². The van der Waals surface area contributed by atoms with Gasteiger partial charge in [0.05, 0.1) is 18.4 Å². The standard InChI is InChI=1S/C15H24N4O2S/c1-22-6-2-4-16-14-7-13(11-3-5-21-10-11)17-15(18-14)19-8-12(20)9-19/h7,11-12,20H,2-6,8-10H2,1H3,(H,16,17,18)/t11-/m0/s1. The van der Waals surface area contributed by atoms with E-state index in [1.54, 1.807) is 0 Å². The maximum Gasteiger partial charge on any atom is 0.227 e. The Balaban J connectivity index is 1.72. The van der Waals surface area contributed by atoms with E-state index < -0.39 is 0 Å². The summed E-state index contributed by atoms with van der Waals surface area (Å²) in [7, 11) is 0. The Morgan fingerprint density at radius 3 is 3.00 bits per heavy atom. The van der Waals surface area contributed by atoms with Crippen molar-refractivity contribution >= 4 is 23.5 Å². The molecule has 122 valence electrons. The normalized spacial score (nSPS) is 21.9. The van der Waals surface area contributed by atoms with Gasteiger partial charge in [-0.25, -0.2) is 4.98 Å². The molecule has 2 fully saturated rings. The van der Waals surface area contributed by atoms with E-state index in [0.29, 0.717) is 19.0 Å². The van der Waals surface area contributed by atoms with Crippen molar-refractivity contribution in [1.82, 2.24) is 9.97 Å². The van der Waals surface area contributed by atoms with Crippen molar-refractivity contribution in [3.05, 3.63) is 11.8 Å². The largest absolute Gasteiger partial charge is 0.389 e. The van der Waals surface area contributed by atoms with Crippen LogP contribution in [0.2, 0.25) is 0 Å². The Morgan fingerprint density at radius 2 is 2.32 bits per heavy atom. The second kappa shape index (κ2) is 7.48. The third kappa shape index (κ3) is 3.83. The van der Waals surface area contributed by atoms with Crippen LogP contribution in [-0.4, -0.2) is 66.0 Å². The van der Waals surface area contributed by atoms with E-state index in [1.807, 2.05) is 16.7 Å². The Labute approximate surface area is 135 Å². The van der Waals surface area contributed by atoms with E-state index >= 15 is 0 Å². The van der Waals surface area contributed by atoms with Crippen LogP contribution in [0.4, 0.5) is 11.8 Å². The van der Waals surface area contributed by atoms with Crippen molar-refractivity contribution in [2.45, 2.75) is 24.9 Å². The van der Waals surface area contributed by atoms with E-state index in [0.717, 1.165) is 55.8 Å². The van der Waals surface area contributed by atoms with E-state index in [4.69, 9.17) is 9.72 Å². The number of β-amino-alcohol motifs (C(OH)–C–C–N with tert-alkyl or cyclic N) is 1. The predicted octanol–water partition coefficient (Wildman–Crippen LogP) is 1.33. The van der Waals surface area contributed by atoms with Gasteiger partial charge in [0.2, 0.25) is 5.95 Å². The molecule has 0 aliphatic carbocycles. The summed E-state index contributed by atoms with van der Waals surface area (Å²) in [6.07, 6.45) is 4.01. The first-order chi connectivity index (χ1) is 10.8. The molecule has 0 aromatic carbocycles. The lowest BCUT2D eigenvalue weighted by molar-refractivity contribution is 0.140. The lowest BCUT2D eigenvalue weighted by atomic mass is 10.0. The maximum atomic E-state index is 9.50. The molecule has 1 aromatic rings. The van der Waals surface area contributed by atoms with Gasteiger partial charge < -0.3 is 20.1 Å². The topological polar surface area (TPSA) is 70.5 Å². The van der Waals surface area contributed by atoms with Crippen LogP contribution < -0.4 is 10.2 Å². The Hall–Kier alpha value is -1.05. The van der Waals surface area contributed by atoms with Crippen molar-refractivity contribution < 1.29 is 9.84 Å². The average Bonchev–Trinajstić information content (AvgIpc) is 3.02. The first-order valence-electron chi connectivity index (χ1n) is 7.89. The Bertz CT molecular complexity index is 490. The van der Waals surface area contributed by atoms with Gasteiger partial charge in [-0.05, 0) is 24.9 Å². The number of nitrogens with one attached hydrogen (secondary N) is 1. The molecule has 2 saturated heterocycles. The van der Waals surface area contributed by atoms with Crippen LogP contribution in [0.3, 0.4) is 0 Å².